The van der Waals surface area contributed by atoms with Crippen LogP contribution < -0.4 is 16.8 Å². The minimum Gasteiger partial charge on any atom is -0.422 e. The van der Waals surface area contributed by atoms with Gasteiger partial charge in [0, 0.05) is 28.4 Å². The van der Waals surface area contributed by atoms with E-state index < -0.39 is 11.5 Å². The highest BCUT2D eigenvalue weighted by atomic mass is 16.4. The first kappa shape index (κ1) is 20.9. The third-order valence-corrected chi connectivity index (χ3v) is 5.20. The van der Waals surface area contributed by atoms with E-state index in [2.05, 4.69) is 15.6 Å². The van der Waals surface area contributed by atoms with Gasteiger partial charge in [-0.1, -0.05) is 36.4 Å². The molecule has 0 aliphatic heterocycles. The number of nitrogen functional groups attached to an aromatic ring is 1. The van der Waals surface area contributed by atoms with Crippen LogP contribution in [0.2, 0.25) is 0 Å². The van der Waals surface area contributed by atoms with Gasteiger partial charge in [-0.3, -0.25) is 4.79 Å². The molecule has 34 heavy (non-hydrogen) atoms. The zero-order chi connectivity index (χ0) is 23.5. The molecule has 0 fully saturated rings. The average Bonchev–Trinajstić information content (AvgIpc) is 3.28. The van der Waals surface area contributed by atoms with Crippen LogP contribution in [-0.2, 0) is 0 Å². The van der Waals surface area contributed by atoms with Crippen LogP contribution in [0.25, 0.3) is 27.9 Å². The number of rotatable bonds is 5. The molecule has 3 aromatic carbocycles. The fourth-order valence-electron chi connectivity index (χ4n) is 3.49. The van der Waals surface area contributed by atoms with Crippen molar-refractivity contribution < 1.29 is 9.21 Å². The maximum atomic E-state index is 12.8. The second kappa shape index (κ2) is 8.87. The summed E-state index contributed by atoms with van der Waals surface area (Å²) in [6.07, 6.45) is 3.18. The lowest BCUT2D eigenvalue weighted by Gasteiger charge is -2.02. The van der Waals surface area contributed by atoms with Crippen LogP contribution in [0.4, 0.5) is 5.69 Å². The van der Waals surface area contributed by atoms with Crippen molar-refractivity contribution >= 4 is 28.8 Å². The number of hydrazone groups is 1. The Morgan fingerprint density at radius 2 is 1.74 bits per heavy atom. The van der Waals surface area contributed by atoms with Gasteiger partial charge in [0.15, 0.2) is 0 Å². The molecular weight excluding hydrogens is 430 g/mol. The van der Waals surface area contributed by atoms with E-state index in [1.54, 1.807) is 53.3 Å². The molecule has 0 radical (unpaired) electrons. The zero-order valence-electron chi connectivity index (χ0n) is 17.9. The van der Waals surface area contributed by atoms with E-state index >= 15 is 0 Å². The van der Waals surface area contributed by atoms with Gasteiger partial charge in [0.1, 0.15) is 11.3 Å². The average molecular weight is 449 g/mol. The molecule has 0 aliphatic carbocycles. The Kier molecular flexibility index (Phi) is 5.45. The van der Waals surface area contributed by atoms with Crippen LogP contribution >= 0.6 is 0 Å². The molecule has 8 nitrogen and oxygen atoms in total. The Labute approximate surface area is 194 Å². The third kappa shape index (κ3) is 4.20. The molecule has 5 rings (SSSR count). The maximum absolute atomic E-state index is 12.8. The van der Waals surface area contributed by atoms with E-state index in [1.165, 1.54) is 6.21 Å². The van der Waals surface area contributed by atoms with E-state index in [4.69, 9.17) is 10.2 Å². The third-order valence-electron chi connectivity index (χ3n) is 5.20. The van der Waals surface area contributed by atoms with Gasteiger partial charge >= 0.3 is 5.63 Å². The molecule has 2 heterocycles. The molecular formula is C26H19N5O3. The standard InChI is InChI=1S/C26H19N5O3/c27-20-12-10-17(11-13-20)25(32)29-28-15-19-16-31(21-7-2-1-3-8-21)30-24(19)22-14-18-6-4-5-9-23(18)34-26(22)33/h1-16H,27H2,(H,29,32)/b28-15+. The van der Waals surface area contributed by atoms with Crippen LogP contribution in [0.3, 0.4) is 0 Å². The summed E-state index contributed by atoms with van der Waals surface area (Å²) in [5.74, 6) is -0.390. The number of carbonyl (C=O) groups excluding carboxylic acids is 1. The normalized spacial score (nSPS) is 11.2. The number of hydrogen-bond acceptors (Lipinski definition) is 6. The van der Waals surface area contributed by atoms with Crippen LogP contribution in [0.5, 0.6) is 0 Å². The van der Waals surface area contributed by atoms with Crippen LogP contribution in [0, 0.1) is 0 Å². The first-order chi connectivity index (χ1) is 16.6. The van der Waals surface area contributed by atoms with E-state index in [0.29, 0.717) is 33.7 Å². The molecule has 1 amide bonds. The van der Waals surface area contributed by atoms with Crippen molar-refractivity contribution in [2.24, 2.45) is 5.10 Å². The van der Waals surface area contributed by atoms with Gasteiger partial charge in [-0.05, 0) is 48.5 Å². The van der Waals surface area contributed by atoms with Crippen LogP contribution in [-0.4, -0.2) is 21.9 Å². The smallest absolute Gasteiger partial charge is 0.345 e. The van der Waals surface area contributed by atoms with Crippen molar-refractivity contribution in [2.45, 2.75) is 0 Å². The number of nitrogens with one attached hydrogen (secondary N) is 1. The lowest BCUT2D eigenvalue weighted by molar-refractivity contribution is 0.0955. The Balaban J connectivity index is 1.53. The monoisotopic (exact) mass is 449 g/mol. The SMILES string of the molecule is Nc1ccc(C(=O)N/N=C/c2cn(-c3ccccc3)nc2-c2cc3ccccc3oc2=O)cc1. The summed E-state index contributed by atoms with van der Waals surface area (Å²) >= 11 is 0. The summed E-state index contributed by atoms with van der Waals surface area (Å²) < 4.78 is 7.14. The van der Waals surface area contributed by atoms with Gasteiger partial charge < -0.3 is 10.2 Å². The summed E-state index contributed by atoms with van der Waals surface area (Å²) in [6.45, 7) is 0. The maximum Gasteiger partial charge on any atom is 0.345 e. The molecule has 0 spiro atoms. The second-order valence-corrected chi connectivity index (χ2v) is 7.52. The van der Waals surface area contributed by atoms with Gasteiger partial charge in [0.2, 0.25) is 0 Å². The molecule has 0 atom stereocenters. The van der Waals surface area contributed by atoms with Crippen molar-refractivity contribution in [3.63, 3.8) is 0 Å². The van der Waals surface area contributed by atoms with Gasteiger partial charge in [-0.2, -0.15) is 10.2 Å². The van der Waals surface area contributed by atoms with E-state index in [0.717, 1.165) is 11.1 Å². The number of para-hydroxylation sites is 2. The summed E-state index contributed by atoms with van der Waals surface area (Å²) in [7, 11) is 0. The van der Waals surface area contributed by atoms with E-state index in [1.807, 2.05) is 42.5 Å². The number of carbonyl (C=O) groups is 1. The summed E-state index contributed by atoms with van der Waals surface area (Å²) in [5, 5.41) is 9.48. The molecule has 0 unspecified atom stereocenters. The van der Waals surface area contributed by atoms with E-state index in [9.17, 15) is 9.59 Å². The Morgan fingerprint density at radius 3 is 2.53 bits per heavy atom. The zero-order valence-corrected chi connectivity index (χ0v) is 17.9. The Morgan fingerprint density at radius 1 is 1.00 bits per heavy atom. The highest BCUT2D eigenvalue weighted by molar-refractivity contribution is 5.96. The number of amides is 1. The summed E-state index contributed by atoms with van der Waals surface area (Å²) in [4.78, 5) is 25.2. The highest BCUT2D eigenvalue weighted by Crippen LogP contribution is 2.23. The molecule has 166 valence electrons. The lowest BCUT2D eigenvalue weighted by Crippen LogP contribution is -2.17. The van der Waals surface area contributed by atoms with Crippen molar-refractivity contribution in [1.29, 1.82) is 0 Å². The van der Waals surface area contributed by atoms with Gasteiger partial charge in [0.25, 0.3) is 5.91 Å². The van der Waals surface area contributed by atoms with Crippen molar-refractivity contribution in [1.82, 2.24) is 15.2 Å². The second-order valence-electron chi connectivity index (χ2n) is 7.52. The number of anilines is 1. The molecule has 0 saturated heterocycles. The van der Waals surface area contributed by atoms with Gasteiger partial charge in [-0.15, -0.1) is 0 Å². The predicted octanol–water partition coefficient (Wildman–Crippen LogP) is 3.99. The largest absolute Gasteiger partial charge is 0.422 e. The number of benzene rings is 3. The van der Waals surface area contributed by atoms with Crippen molar-refractivity contribution in [3.8, 4) is 16.9 Å². The summed E-state index contributed by atoms with van der Waals surface area (Å²) in [5.41, 5.74) is 11.1. The number of fused-ring (bicyclic) bond motifs is 1. The number of hydrogen-bond donors (Lipinski definition) is 2. The van der Waals surface area contributed by atoms with Crippen molar-refractivity contribution in [2.75, 3.05) is 5.73 Å². The minimum atomic E-state index is -0.516. The molecule has 3 N–H and O–H groups in total. The topological polar surface area (TPSA) is 116 Å². The van der Waals surface area contributed by atoms with Crippen LogP contribution in [0.15, 0.2) is 105 Å². The fourth-order valence-corrected chi connectivity index (χ4v) is 3.49. The highest BCUT2D eigenvalue weighted by Gasteiger charge is 2.16. The first-order valence-electron chi connectivity index (χ1n) is 10.5. The number of nitrogens with two attached hydrogens (primary N) is 1. The van der Waals surface area contributed by atoms with Crippen LogP contribution in [0.1, 0.15) is 15.9 Å². The molecule has 2 aromatic heterocycles. The molecule has 5 aromatic rings. The summed E-state index contributed by atoms with van der Waals surface area (Å²) in [6, 6.07) is 25.0. The van der Waals surface area contributed by atoms with Gasteiger partial charge in [-0.25, -0.2) is 14.9 Å². The minimum absolute atomic E-state index is 0.291. The Hall–Kier alpha value is -4.98. The fraction of sp³-hybridized carbons (Fsp3) is 0. The van der Waals surface area contributed by atoms with Crippen molar-refractivity contribution in [3.05, 3.63) is 113 Å². The molecule has 8 heteroatoms. The number of aromatic nitrogens is 2. The van der Waals surface area contributed by atoms with E-state index in [-0.39, 0.29) is 0 Å². The van der Waals surface area contributed by atoms with Gasteiger partial charge in [0.05, 0.1) is 17.5 Å². The number of nitrogens with zero attached hydrogens (tertiary/aromatic N) is 3. The lowest BCUT2D eigenvalue weighted by atomic mass is 10.1. The molecule has 0 saturated carbocycles. The predicted molar refractivity (Wildman–Crippen MR) is 131 cm³/mol. The quantitative estimate of drug-likeness (QED) is 0.182. The molecule has 0 bridgehead atoms. The molecule has 0 aliphatic rings. The first-order valence-corrected chi connectivity index (χ1v) is 10.5. The Bertz CT molecular complexity index is 1570.